The van der Waals surface area contributed by atoms with Gasteiger partial charge in [-0.2, -0.15) is 0 Å². The number of pyridine rings is 1. The van der Waals surface area contributed by atoms with Crippen LogP contribution in [0.4, 0.5) is 5.69 Å². The Morgan fingerprint density at radius 2 is 2.11 bits per heavy atom. The Kier molecular flexibility index (Phi) is 2.34. The second-order valence-corrected chi connectivity index (χ2v) is 6.06. The highest BCUT2D eigenvalue weighted by Gasteiger charge is 2.26. The fourth-order valence-corrected chi connectivity index (χ4v) is 3.65. The molecule has 0 aromatic carbocycles. The molecule has 0 amide bonds. The van der Waals surface area contributed by atoms with E-state index in [0.717, 1.165) is 17.6 Å². The van der Waals surface area contributed by atoms with E-state index < -0.39 is 0 Å². The minimum absolute atomic E-state index is 0.498. The van der Waals surface area contributed by atoms with Gasteiger partial charge in [-0.3, -0.25) is 0 Å². The Bertz CT molecular complexity index is 637. The third-order valence-electron chi connectivity index (χ3n) is 4.64. The summed E-state index contributed by atoms with van der Waals surface area (Å²) in [5, 5.41) is 3.57. The standard InChI is InChI=1S/C15H20N4/c1-9-7-12-10(2)18-15-14(13(12)17-9)16-8-19(15)11-5-3-4-6-11/h8-9,11,17H,3-7H2,1-2H3. The van der Waals surface area contributed by atoms with Gasteiger partial charge in [-0.25, -0.2) is 9.97 Å². The van der Waals surface area contributed by atoms with Crippen LogP contribution < -0.4 is 5.32 Å². The van der Waals surface area contributed by atoms with Crippen LogP contribution in [0.1, 0.15) is 49.9 Å². The summed E-state index contributed by atoms with van der Waals surface area (Å²) in [5.74, 6) is 0. The van der Waals surface area contributed by atoms with Crippen molar-refractivity contribution in [2.45, 2.75) is 58.0 Å². The van der Waals surface area contributed by atoms with Crippen molar-refractivity contribution in [3.8, 4) is 0 Å². The molecule has 1 fully saturated rings. The number of imidazole rings is 1. The molecule has 100 valence electrons. The number of aromatic nitrogens is 3. The summed E-state index contributed by atoms with van der Waals surface area (Å²) < 4.78 is 2.31. The quantitative estimate of drug-likeness (QED) is 0.852. The second kappa shape index (κ2) is 3.95. The highest BCUT2D eigenvalue weighted by molar-refractivity contribution is 5.90. The summed E-state index contributed by atoms with van der Waals surface area (Å²) >= 11 is 0. The van der Waals surface area contributed by atoms with Crippen molar-refractivity contribution < 1.29 is 0 Å². The molecule has 2 aromatic rings. The lowest BCUT2D eigenvalue weighted by Gasteiger charge is -2.12. The molecule has 1 aliphatic heterocycles. The van der Waals surface area contributed by atoms with Crippen LogP contribution in [0.3, 0.4) is 0 Å². The molecule has 1 N–H and O–H groups in total. The second-order valence-electron chi connectivity index (χ2n) is 6.06. The molecule has 3 heterocycles. The van der Waals surface area contributed by atoms with Gasteiger partial charge in [0.15, 0.2) is 5.65 Å². The van der Waals surface area contributed by atoms with Gasteiger partial charge in [0.05, 0.1) is 12.0 Å². The number of hydrogen-bond acceptors (Lipinski definition) is 3. The third kappa shape index (κ3) is 1.58. The Hall–Kier alpha value is -1.58. The van der Waals surface area contributed by atoms with Crippen molar-refractivity contribution in [3.05, 3.63) is 17.6 Å². The lowest BCUT2D eigenvalue weighted by Crippen LogP contribution is -2.08. The van der Waals surface area contributed by atoms with Crippen LogP contribution >= 0.6 is 0 Å². The zero-order valence-corrected chi connectivity index (χ0v) is 11.6. The SMILES string of the molecule is Cc1nc2c(ncn2C2CCCC2)c2c1CC(C)N2. The van der Waals surface area contributed by atoms with E-state index in [1.807, 2.05) is 6.33 Å². The maximum Gasteiger partial charge on any atom is 0.162 e. The van der Waals surface area contributed by atoms with Crippen LogP contribution in [-0.4, -0.2) is 20.6 Å². The van der Waals surface area contributed by atoms with Gasteiger partial charge in [-0.1, -0.05) is 12.8 Å². The monoisotopic (exact) mass is 256 g/mol. The van der Waals surface area contributed by atoms with Gasteiger partial charge in [-0.05, 0) is 33.1 Å². The summed E-state index contributed by atoms with van der Waals surface area (Å²) in [5.41, 5.74) is 5.89. The molecule has 2 aromatic heterocycles. The van der Waals surface area contributed by atoms with Crippen LogP contribution in [-0.2, 0) is 6.42 Å². The maximum absolute atomic E-state index is 4.85. The van der Waals surface area contributed by atoms with Gasteiger partial charge in [0.2, 0.25) is 0 Å². The molecule has 4 rings (SSSR count). The number of anilines is 1. The molecule has 1 unspecified atom stereocenters. The lowest BCUT2D eigenvalue weighted by molar-refractivity contribution is 0.528. The number of nitrogens with zero attached hydrogens (tertiary/aromatic N) is 3. The van der Waals surface area contributed by atoms with Gasteiger partial charge >= 0.3 is 0 Å². The molecule has 2 aliphatic rings. The predicted octanol–water partition coefficient (Wildman–Crippen LogP) is 3.21. The smallest absolute Gasteiger partial charge is 0.162 e. The van der Waals surface area contributed by atoms with Crippen LogP contribution in [0, 0.1) is 6.92 Å². The molecule has 0 bridgehead atoms. The van der Waals surface area contributed by atoms with Crippen LogP contribution in [0.5, 0.6) is 0 Å². The molecule has 1 aliphatic carbocycles. The molecular weight excluding hydrogens is 236 g/mol. The maximum atomic E-state index is 4.85. The summed E-state index contributed by atoms with van der Waals surface area (Å²) in [6.45, 7) is 4.35. The van der Waals surface area contributed by atoms with E-state index >= 15 is 0 Å². The lowest BCUT2D eigenvalue weighted by atomic mass is 10.1. The third-order valence-corrected chi connectivity index (χ3v) is 4.64. The van der Waals surface area contributed by atoms with E-state index in [4.69, 9.17) is 4.98 Å². The zero-order chi connectivity index (χ0) is 13.0. The normalized spacial score (nSPS) is 22.9. The van der Waals surface area contributed by atoms with Crippen molar-refractivity contribution in [1.29, 1.82) is 0 Å². The Balaban J connectivity index is 1.91. The first-order valence-electron chi connectivity index (χ1n) is 7.36. The van der Waals surface area contributed by atoms with Gasteiger partial charge in [0.1, 0.15) is 5.52 Å². The van der Waals surface area contributed by atoms with Crippen molar-refractivity contribution in [3.63, 3.8) is 0 Å². The summed E-state index contributed by atoms with van der Waals surface area (Å²) in [7, 11) is 0. The number of aryl methyl sites for hydroxylation is 1. The van der Waals surface area contributed by atoms with E-state index in [9.17, 15) is 0 Å². The van der Waals surface area contributed by atoms with Gasteiger partial charge < -0.3 is 9.88 Å². The van der Waals surface area contributed by atoms with Crippen LogP contribution in [0.25, 0.3) is 11.2 Å². The molecule has 4 heteroatoms. The van der Waals surface area contributed by atoms with Crippen molar-refractivity contribution >= 4 is 16.9 Å². The van der Waals surface area contributed by atoms with Crippen molar-refractivity contribution in [2.24, 2.45) is 0 Å². The average molecular weight is 256 g/mol. The van der Waals surface area contributed by atoms with Gasteiger partial charge in [-0.15, -0.1) is 0 Å². The first-order valence-corrected chi connectivity index (χ1v) is 7.36. The molecule has 0 radical (unpaired) electrons. The minimum Gasteiger partial charge on any atom is -0.380 e. The highest BCUT2D eigenvalue weighted by Crippen LogP contribution is 2.37. The number of fused-ring (bicyclic) bond motifs is 3. The number of hydrogen-bond donors (Lipinski definition) is 1. The van der Waals surface area contributed by atoms with E-state index in [1.165, 1.54) is 42.6 Å². The van der Waals surface area contributed by atoms with E-state index in [1.54, 1.807) is 0 Å². The Morgan fingerprint density at radius 3 is 2.89 bits per heavy atom. The summed E-state index contributed by atoms with van der Waals surface area (Å²) in [4.78, 5) is 9.50. The number of rotatable bonds is 1. The Morgan fingerprint density at radius 1 is 1.32 bits per heavy atom. The first kappa shape index (κ1) is 11.3. The molecule has 19 heavy (non-hydrogen) atoms. The van der Waals surface area contributed by atoms with Crippen LogP contribution in [0.2, 0.25) is 0 Å². The van der Waals surface area contributed by atoms with E-state index in [0.29, 0.717) is 12.1 Å². The topological polar surface area (TPSA) is 42.7 Å². The fraction of sp³-hybridized carbons (Fsp3) is 0.600. The van der Waals surface area contributed by atoms with E-state index in [-0.39, 0.29) is 0 Å². The predicted molar refractivity (Wildman–Crippen MR) is 76.6 cm³/mol. The van der Waals surface area contributed by atoms with Gasteiger partial charge in [0, 0.05) is 23.3 Å². The molecule has 1 saturated carbocycles. The molecular formula is C15H20N4. The van der Waals surface area contributed by atoms with E-state index in [2.05, 4.69) is 28.7 Å². The highest BCUT2D eigenvalue weighted by atomic mass is 15.1. The summed E-state index contributed by atoms with van der Waals surface area (Å²) in [6.07, 6.45) is 8.28. The zero-order valence-electron chi connectivity index (χ0n) is 11.6. The molecule has 1 atom stereocenters. The minimum atomic E-state index is 0.498. The van der Waals surface area contributed by atoms with Gasteiger partial charge in [0.25, 0.3) is 0 Å². The average Bonchev–Trinajstić information content (AvgIpc) is 3.04. The largest absolute Gasteiger partial charge is 0.380 e. The summed E-state index contributed by atoms with van der Waals surface area (Å²) in [6, 6.07) is 1.10. The van der Waals surface area contributed by atoms with Crippen LogP contribution in [0.15, 0.2) is 6.33 Å². The van der Waals surface area contributed by atoms with Crippen molar-refractivity contribution in [1.82, 2.24) is 14.5 Å². The molecule has 0 saturated heterocycles. The molecule has 4 nitrogen and oxygen atoms in total. The first-order chi connectivity index (χ1) is 9.24. The fourth-order valence-electron chi connectivity index (χ4n) is 3.65. The number of nitrogens with one attached hydrogen (secondary N) is 1. The Labute approximate surface area is 113 Å². The van der Waals surface area contributed by atoms with Crippen molar-refractivity contribution in [2.75, 3.05) is 5.32 Å². The molecule has 0 spiro atoms.